The highest BCUT2D eigenvalue weighted by atomic mass is 16.6. The van der Waals surface area contributed by atoms with E-state index >= 15 is 0 Å². The van der Waals surface area contributed by atoms with Gasteiger partial charge in [-0.1, -0.05) is 0 Å². The van der Waals surface area contributed by atoms with Crippen molar-refractivity contribution in [3.8, 4) is 11.8 Å². The summed E-state index contributed by atoms with van der Waals surface area (Å²) in [6, 6.07) is 6.90. The smallest absolute Gasteiger partial charge is 0.311 e. The molecule has 0 atom stereocenters. The lowest BCUT2D eigenvalue weighted by molar-refractivity contribution is -0.386. The van der Waals surface area contributed by atoms with Crippen LogP contribution in [0.5, 0.6) is 5.75 Å². The lowest BCUT2D eigenvalue weighted by atomic mass is 10.2. The van der Waals surface area contributed by atoms with Gasteiger partial charge in [-0.2, -0.15) is 5.26 Å². The molecule has 0 amide bonds. The molecule has 0 N–H and O–H groups in total. The normalized spacial score (nSPS) is 10.2. The molecule has 0 aliphatic rings. The fourth-order valence-corrected chi connectivity index (χ4v) is 1.85. The van der Waals surface area contributed by atoms with E-state index in [1.165, 1.54) is 6.07 Å². The highest BCUT2D eigenvalue weighted by Crippen LogP contribution is 2.32. The van der Waals surface area contributed by atoms with Crippen LogP contribution in [0.3, 0.4) is 0 Å². The second kappa shape index (κ2) is 7.34. The zero-order valence-corrected chi connectivity index (χ0v) is 12.0. The maximum Gasteiger partial charge on any atom is 0.311 e. The topological polar surface area (TPSA) is 79.4 Å². The van der Waals surface area contributed by atoms with Crippen LogP contribution in [-0.4, -0.2) is 24.1 Å². The Morgan fingerprint density at radius 1 is 1.50 bits per heavy atom. The van der Waals surface area contributed by atoms with Crippen molar-refractivity contribution < 1.29 is 9.66 Å². The van der Waals surface area contributed by atoms with Gasteiger partial charge in [0.1, 0.15) is 0 Å². The van der Waals surface area contributed by atoms with Gasteiger partial charge in [-0.15, -0.1) is 0 Å². The van der Waals surface area contributed by atoms with Crippen molar-refractivity contribution in [1.29, 1.82) is 5.26 Å². The van der Waals surface area contributed by atoms with E-state index in [9.17, 15) is 10.1 Å². The largest absolute Gasteiger partial charge is 0.484 e. The van der Waals surface area contributed by atoms with Gasteiger partial charge >= 0.3 is 5.69 Å². The lowest BCUT2D eigenvalue weighted by Gasteiger charge is -2.22. The molecule has 0 bridgehead atoms. The fourth-order valence-electron chi connectivity index (χ4n) is 1.85. The second-order valence-corrected chi connectivity index (χ2v) is 4.56. The van der Waals surface area contributed by atoms with Crippen LogP contribution in [0.2, 0.25) is 0 Å². The number of hydrogen-bond acceptors (Lipinski definition) is 5. The summed E-state index contributed by atoms with van der Waals surface area (Å²) in [6.07, 6.45) is 0.267. The number of nitro benzene ring substituents is 1. The van der Waals surface area contributed by atoms with E-state index in [0.717, 1.165) is 12.2 Å². The molecule has 20 heavy (non-hydrogen) atoms. The third kappa shape index (κ3) is 4.12. The highest BCUT2D eigenvalue weighted by Gasteiger charge is 2.18. The summed E-state index contributed by atoms with van der Waals surface area (Å²) in [7, 11) is 0. The van der Waals surface area contributed by atoms with E-state index in [1.54, 1.807) is 12.1 Å². The molecule has 0 aliphatic carbocycles. The highest BCUT2D eigenvalue weighted by molar-refractivity contribution is 5.59. The molecular formula is C14H19N3O3. The SMILES string of the molecule is CCN(CCC#N)c1ccc([N+](=O)[O-])c(OC(C)C)c1. The minimum atomic E-state index is -0.451. The standard InChI is InChI=1S/C14H19N3O3/c1-4-16(9-5-8-15)12-6-7-13(17(18)19)14(10-12)20-11(2)3/h6-7,10-11H,4-5,9H2,1-3H3. The molecule has 1 rings (SSSR count). The zero-order valence-electron chi connectivity index (χ0n) is 12.0. The molecule has 0 saturated heterocycles. The Morgan fingerprint density at radius 2 is 2.20 bits per heavy atom. The maximum atomic E-state index is 11.0. The number of hydrogen-bond donors (Lipinski definition) is 0. The number of rotatable bonds is 7. The summed E-state index contributed by atoms with van der Waals surface area (Å²) in [5.41, 5.74) is 0.780. The van der Waals surface area contributed by atoms with Gasteiger partial charge in [0.15, 0.2) is 5.75 Å². The molecule has 0 saturated carbocycles. The monoisotopic (exact) mass is 277 g/mol. The molecule has 0 heterocycles. The van der Waals surface area contributed by atoms with Crippen LogP contribution in [0.25, 0.3) is 0 Å². The summed E-state index contributed by atoms with van der Waals surface area (Å²) < 4.78 is 5.51. The lowest BCUT2D eigenvalue weighted by Crippen LogP contribution is -2.23. The average Bonchev–Trinajstić information content (AvgIpc) is 2.38. The Labute approximate surface area is 118 Å². The third-order valence-corrected chi connectivity index (χ3v) is 2.74. The molecule has 0 radical (unpaired) electrons. The summed E-state index contributed by atoms with van der Waals surface area (Å²) in [5, 5.41) is 19.7. The Balaban J connectivity index is 3.10. The van der Waals surface area contributed by atoms with Crippen LogP contribution >= 0.6 is 0 Å². The summed E-state index contributed by atoms with van der Waals surface area (Å²) in [5.74, 6) is 0.262. The first-order valence-electron chi connectivity index (χ1n) is 6.56. The van der Waals surface area contributed by atoms with E-state index < -0.39 is 4.92 Å². The van der Waals surface area contributed by atoms with Crippen LogP contribution in [-0.2, 0) is 0 Å². The van der Waals surface area contributed by atoms with Gasteiger partial charge in [0.2, 0.25) is 0 Å². The molecule has 0 aromatic heterocycles. The van der Waals surface area contributed by atoms with Crippen LogP contribution in [0.1, 0.15) is 27.2 Å². The molecule has 6 heteroatoms. The molecule has 0 fully saturated rings. The maximum absolute atomic E-state index is 11.0. The Kier molecular flexibility index (Phi) is 5.78. The summed E-state index contributed by atoms with van der Waals surface area (Å²) in [4.78, 5) is 12.5. The van der Waals surface area contributed by atoms with Crippen LogP contribution in [0, 0.1) is 21.4 Å². The zero-order chi connectivity index (χ0) is 15.1. The fraction of sp³-hybridized carbons (Fsp3) is 0.500. The minimum absolute atomic E-state index is 0.0428. The number of nitrogens with zero attached hydrogens (tertiary/aromatic N) is 3. The number of anilines is 1. The molecule has 0 unspecified atom stereocenters. The number of nitriles is 1. The minimum Gasteiger partial charge on any atom is -0.484 e. The molecule has 0 aliphatic heterocycles. The Hall–Kier alpha value is -2.29. The molecule has 108 valence electrons. The third-order valence-electron chi connectivity index (χ3n) is 2.74. The second-order valence-electron chi connectivity index (χ2n) is 4.56. The molecule has 0 spiro atoms. The van der Waals surface area contributed by atoms with Gasteiger partial charge in [-0.05, 0) is 26.8 Å². The number of nitro groups is 1. The summed E-state index contributed by atoms with van der Waals surface area (Å²) >= 11 is 0. The van der Waals surface area contributed by atoms with Crippen molar-refractivity contribution in [2.45, 2.75) is 33.3 Å². The van der Waals surface area contributed by atoms with Crippen molar-refractivity contribution in [3.05, 3.63) is 28.3 Å². The van der Waals surface area contributed by atoms with Crippen molar-refractivity contribution in [3.63, 3.8) is 0 Å². The predicted octanol–water partition coefficient (Wildman–Crippen LogP) is 3.12. The predicted molar refractivity (Wildman–Crippen MR) is 77.0 cm³/mol. The van der Waals surface area contributed by atoms with Gasteiger partial charge in [-0.25, -0.2) is 0 Å². The van der Waals surface area contributed by atoms with E-state index in [2.05, 4.69) is 6.07 Å². The Bertz CT molecular complexity index is 509. The van der Waals surface area contributed by atoms with E-state index in [0.29, 0.717) is 13.0 Å². The molecule has 1 aromatic carbocycles. The van der Waals surface area contributed by atoms with E-state index in [1.807, 2.05) is 25.7 Å². The first kappa shape index (κ1) is 15.8. The van der Waals surface area contributed by atoms with Crippen molar-refractivity contribution in [2.24, 2.45) is 0 Å². The molecule has 6 nitrogen and oxygen atoms in total. The summed E-state index contributed by atoms with van der Waals surface area (Å²) in [6.45, 7) is 6.93. The van der Waals surface area contributed by atoms with Gasteiger partial charge in [0, 0.05) is 30.9 Å². The van der Waals surface area contributed by atoms with Gasteiger partial charge in [0.25, 0.3) is 0 Å². The number of ether oxygens (including phenoxy) is 1. The van der Waals surface area contributed by atoms with Crippen LogP contribution < -0.4 is 9.64 Å². The van der Waals surface area contributed by atoms with Crippen LogP contribution in [0.4, 0.5) is 11.4 Å². The average molecular weight is 277 g/mol. The van der Waals surface area contributed by atoms with E-state index in [-0.39, 0.29) is 17.5 Å². The Morgan fingerprint density at radius 3 is 2.70 bits per heavy atom. The van der Waals surface area contributed by atoms with Crippen molar-refractivity contribution in [1.82, 2.24) is 0 Å². The molecular weight excluding hydrogens is 258 g/mol. The molecule has 1 aromatic rings. The van der Waals surface area contributed by atoms with E-state index in [4.69, 9.17) is 10.00 Å². The first-order chi connectivity index (χ1) is 9.49. The first-order valence-corrected chi connectivity index (χ1v) is 6.56. The number of benzene rings is 1. The van der Waals surface area contributed by atoms with Gasteiger partial charge in [-0.3, -0.25) is 10.1 Å². The van der Waals surface area contributed by atoms with Crippen molar-refractivity contribution >= 4 is 11.4 Å². The van der Waals surface area contributed by atoms with Crippen LogP contribution in [0.15, 0.2) is 18.2 Å². The quantitative estimate of drug-likeness (QED) is 0.565. The van der Waals surface area contributed by atoms with Gasteiger partial charge in [0.05, 0.1) is 23.5 Å². The van der Waals surface area contributed by atoms with Crippen molar-refractivity contribution in [2.75, 3.05) is 18.0 Å². The van der Waals surface area contributed by atoms with Gasteiger partial charge < -0.3 is 9.64 Å².